The molecule has 0 bridgehead atoms. The molecular weight excluding hydrogens is 232 g/mol. The van der Waals surface area contributed by atoms with E-state index >= 15 is 0 Å². The van der Waals surface area contributed by atoms with Crippen molar-refractivity contribution >= 4 is 23.7 Å². The largest absolute Gasteiger partial charge is 0.494 e. The van der Waals surface area contributed by atoms with E-state index in [2.05, 4.69) is 42.1 Å². The Morgan fingerprint density at radius 3 is 2.76 bits per heavy atom. The van der Waals surface area contributed by atoms with Gasteiger partial charge in [-0.05, 0) is 32.9 Å². The molecule has 0 aliphatic heterocycles. The molecule has 0 unspecified atom stereocenters. The Bertz CT molecular complexity index is 519. The predicted octanol–water partition coefficient (Wildman–Crippen LogP) is 3.45. The summed E-state index contributed by atoms with van der Waals surface area (Å²) >= 11 is 4.34. The summed E-state index contributed by atoms with van der Waals surface area (Å²) in [4.78, 5) is 4.60. The first-order chi connectivity index (χ1) is 8.17. The summed E-state index contributed by atoms with van der Waals surface area (Å²) < 4.78 is 7.71. The lowest BCUT2D eigenvalue weighted by molar-refractivity contribution is 0.340. The minimum atomic E-state index is 0.389. The Morgan fingerprint density at radius 2 is 2.18 bits per heavy atom. The molecule has 2 rings (SSSR count). The van der Waals surface area contributed by atoms with Gasteiger partial charge in [-0.1, -0.05) is 0 Å². The summed E-state index contributed by atoms with van der Waals surface area (Å²) in [5.41, 5.74) is 2.13. The average molecular weight is 250 g/mol. The van der Waals surface area contributed by atoms with E-state index in [4.69, 9.17) is 4.74 Å². The monoisotopic (exact) mass is 250 g/mol. The van der Waals surface area contributed by atoms with Crippen LogP contribution in [0.1, 0.15) is 32.6 Å². The summed E-state index contributed by atoms with van der Waals surface area (Å²) in [7, 11) is 0. The third-order valence-electron chi connectivity index (χ3n) is 2.70. The van der Waals surface area contributed by atoms with Crippen LogP contribution < -0.4 is 4.74 Å². The van der Waals surface area contributed by atoms with Crippen LogP contribution in [-0.4, -0.2) is 16.2 Å². The van der Waals surface area contributed by atoms with E-state index in [0.717, 1.165) is 22.6 Å². The molecule has 0 N–H and O–H groups in total. The topological polar surface area (TPSA) is 27.1 Å². The van der Waals surface area contributed by atoms with Crippen molar-refractivity contribution in [3.8, 4) is 5.75 Å². The van der Waals surface area contributed by atoms with Gasteiger partial charge in [0.1, 0.15) is 11.6 Å². The summed E-state index contributed by atoms with van der Waals surface area (Å²) in [6.45, 7) is 6.97. The maximum absolute atomic E-state index is 5.49. The first kappa shape index (κ1) is 12.3. The fourth-order valence-electron chi connectivity index (χ4n) is 2.07. The van der Waals surface area contributed by atoms with Crippen LogP contribution in [0.4, 0.5) is 0 Å². The van der Waals surface area contributed by atoms with Crippen molar-refractivity contribution < 1.29 is 4.74 Å². The van der Waals surface area contributed by atoms with E-state index in [9.17, 15) is 0 Å². The number of rotatable bonds is 4. The maximum Gasteiger partial charge on any atom is 0.121 e. The highest BCUT2D eigenvalue weighted by Crippen LogP contribution is 2.25. The molecule has 0 amide bonds. The SMILES string of the molecule is CCOc1ccc2c(c1)nc(CS)n2C(C)C. The van der Waals surface area contributed by atoms with E-state index < -0.39 is 0 Å². The van der Waals surface area contributed by atoms with Crippen LogP contribution >= 0.6 is 12.6 Å². The number of hydrogen-bond donors (Lipinski definition) is 1. The van der Waals surface area contributed by atoms with E-state index in [0.29, 0.717) is 18.4 Å². The number of imidazole rings is 1. The standard InChI is InChI=1S/C13H18N2OS/c1-4-16-10-5-6-12-11(7-10)14-13(8-17)15(12)9(2)3/h5-7,9,17H,4,8H2,1-3H3. The van der Waals surface area contributed by atoms with Crippen LogP contribution in [0.25, 0.3) is 11.0 Å². The zero-order valence-electron chi connectivity index (χ0n) is 10.5. The molecule has 0 atom stereocenters. The van der Waals surface area contributed by atoms with Crippen LogP contribution in [0, 0.1) is 0 Å². The molecule has 0 saturated heterocycles. The van der Waals surface area contributed by atoms with Crippen LogP contribution in [0.3, 0.4) is 0 Å². The van der Waals surface area contributed by atoms with Crippen LogP contribution in [0.5, 0.6) is 5.75 Å². The van der Waals surface area contributed by atoms with Gasteiger partial charge in [0.25, 0.3) is 0 Å². The number of nitrogens with zero attached hydrogens (tertiary/aromatic N) is 2. The average Bonchev–Trinajstić information content (AvgIpc) is 2.67. The number of thiol groups is 1. The third kappa shape index (κ3) is 2.27. The summed E-state index contributed by atoms with van der Waals surface area (Å²) in [6.07, 6.45) is 0. The second kappa shape index (κ2) is 5.00. The van der Waals surface area contributed by atoms with Crippen molar-refractivity contribution in [2.45, 2.75) is 32.6 Å². The van der Waals surface area contributed by atoms with E-state index in [1.54, 1.807) is 0 Å². The highest BCUT2D eigenvalue weighted by Gasteiger charge is 2.12. The fourth-order valence-corrected chi connectivity index (χ4v) is 2.30. The van der Waals surface area contributed by atoms with Gasteiger partial charge in [-0.3, -0.25) is 0 Å². The first-order valence-electron chi connectivity index (χ1n) is 5.92. The summed E-state index contributed by atoms with van der Waals surface area (Å²) in [5.74, 6) is 2.53. The summed E-state index contributed by atoms with van der Waals surface area (Å²) in [6, 6.07) is 6.44. The zero-order chi connectivity index (χ0) is 12.4. The van der Waals surface area contributed by atoms with Gasteiger partial charge in [-0.15, -0.1) is 0 Å². The van der Waals surface area contributed by atoms with Gasteiger partial charge < -0.3 is 9.30 Å². The maximum atomic E-state index is 5.49. The molecule has 0 saturated carbocycles. The highest BCUT2D eigenvalue weighted by molar-refractivity contribution is 7.79. The van der Waals surface area contributed by atoms with E-state index in [1.807, 2.05) is 19.1 Å². The van der Waals surface area contributed by atoms with Gasteiger partial charge in [0.2, 0.25) is 0 Å². The van der Waals surface area contributed by atoms with Crippen molar-refractivity contribution in [1.29, 1.82) is 0 Å². The van der Waals surface area contributed by atoms with Gasteiger partial charge in [-0.25, -0.2) is 4.98 Å². The molecule has 3 nitrogen and oxygen atoms in total. The van der Waals surface area contributed by atoms with Crippen molar-refractivity contribution in [1.82, 2.24) is 9.55 Å². The van der Waals surface area contributed by atoms with Gasteiger partial charge in [0, 0.05) is 17.9 Å². The Balaban J connectivity index is 2.57. The normalized spacial score (nSPS) is 11.4. The van der Waals surface area contributed by atoms with Crippen molar-refractivity contribution in [3.05, 3.63) is 24.0 Å². The van der Waals surface area contributed by atoms with Crippen molar-refractivity contribution in [2.24, 2.45) is 0 Å². The molecule has 2 aromatic rings. The molecule has 0 spiro atoms. The van der Waals surface area contributed by atoms with E-state index in [1.165, 1.54) is 0 Å². The molecule has 4 heteroatoms. The number of fused-ring (bicyclic) bond motifs is 1. The molecule has 1 aromatic heterocycles. The molecule has 92 valence electrons. The van der Waals surface area contributed by atoms with Crippen LogP contribution in [0.2, 0.25) is 0 Å². The lowest BCUT2D eigenvalue weighted by Gasteiger charge is -2.11. The second-order valence-electron chi connectivity index (χ2n) is 4.23. The smallest absolute Gasteiger partial charge is 0.121 e. The van der Waals surface area contributed by atoms with Gasteiger partial charge in [0.05, 0.1) is 17.6 Å². The van der Waals surface area contributed by atoms with E-state index in [-0.39, 0.29) is 0 Å². The predicted molar refractivity (Wildman–Crippen MR) is 74.0 cm³/mol. The van der Waals surface area contributed by atoms with Crippen molar-refractivity contribution in [3.63, 3.8) is 0 Å². The molecule has 17 heavy (non-hydrogen) atoms. The first-order valence-corrected chi connectivity index (χ1v) is 6.55. The molecule has 1 aromatic carbocycles. The van der Waals surface area contributed by atoms with Gasteiger partial charge in [0.15, 0.2) is 0 Å². The minimum Gasteiger partial charge on any atom is -0.494 e. The molecule has 1 heterocycles. The highest BCUT2D eigenvalue weighted by atomic mass is 32.1. The second-order valence-corrected chi connectivity index (χ2v) is 4.55. The van der Waals surface area contributed by atoms with Gasteiger partial charge in [-0.2, -0.15) is 12.6 Å². The third-order valence-corrected chi connectivity index (χ3v) is 2.99. The molecule has 0 fully saturated rings. The quantitative estimate of drug-likeness (QED) is 0.841. The Labute approximate surface area is 107 Å². The lowest BCUT2D eigenvalue weighted by atomic mass is 10.2. The number of hydrogen-bond acceptors (Lipinski definition) is 3. The lowest BCUT2D eigenvalue weighted by Crippen LogP contribution is -2.04. The molecule has 0 radical (unpaired) electrons. The van der Waals surface area contributed by atoms with Crippen LogP contribution in [-0.2, 0) is 5.75 Å². The van der Waals surface area contributed by atoms with Crippen LogP contribution in [0.15, 0.2) is 18.2 Å². The fraction of sp³-hybridized carbons (Fsp3) is 0.462. The molecular formula is C13H18N2OS. The zero-order valence-corrected chi connectivity index (χ0v) is 11.4. The number of ether oxygens (including phenoxy) is 1. The molecule has 0 aliphatic carbocycles. The Hall–Kier alpha value is -1.16. The number of aromatic nitrogens is 2. The molecule has 0 aliphatic rings. The summed E-state index contributed by atoms with van der Waals surface area (Å²) in [5, 5.41) is 0. The Kier molecular flexibility index (Phi) is 3.62. The van der Waals surface area contributed by atoms with Crippen molar-refractivity contribution in [2.75, 3.05) is 6.61 Å². The minimum absolute atomic E-state index is 0.389. The van der Waals surface area contributed by atoms with Gasteiger partial charge >= 0.3 is 0 Å². The number of benzene rings is 1. The Morgan fingerprint density at radius 1 is 1.41 bits per heavy atom.